The summed E-state index contributed by atoms with van der Waals surface area (Å²) in [5, 5.41) is 0. The number of hydrogen-bond acceptors (Lipinski definition) is 7. The fourth-order valence-electron chi connectivity index (χ4n) is 7.08. The SMILES string of the molecule is COC(=O)c1ccccc1S(=O)(=O)N1c2ccc(C(=O)N3CCC(C)CC3)cc2C2CN(C3CCOCC3)CCC21. The monoisotopic (exact) mass is 581 g/mol. The van der Waals surface area contributed by atoms with Gasteiger partial charge in [-0.05, 0) is 73.9 Å². The number of anilines is 1. The molecule has 0 saturated carbocycles. The molecule has 220 valence electrons. The van der Waals surface area contributed by atoms with Crippen molar-refractivity contribution in [2.75, 3.05) is 50.8 Å². The average Bonchev–Trinajstić information content (AvgIpc) is 3.35. The van der Waals surface area contributed by atoms with E-state index in [2.05, 4.69) is 11.8 Å². The van der Waals surface area contributed by atoms with E-state index >= 15 is 0 Å². The van der Waals surface area contributed by atoms with Gasteiger partial charge in [0.05, 0.1) is 24.4 Å². The quantitative estimate of drug-likeness (QED) is 0.495. The minimum absolute atomic E-state index is 0.00527. The molecule has 41 heavy (non-hydrogen) atoms. The van der Waals surface area contributed by atoms with Crippen molar-refractivity contribution in [1.29, 1.82) is 0 Å². The van der Waals surface area contributed by atoms with Crippen molar-refractivity contribution in [3.8, 4) is 0 Å². The number of sulfonamides is 1. The van der Waals surface area contributed by atoms with E-state index in [1.54, 1.807) is 24.3 Å². The van der Waals surface area contributed by atoms with E-state index in [-0.39, 0.29) is 28.3 Å². The summed E-state index contributed by atoms with van der Waals surface area (Å²) in [6.45, 7) is 6.68. The standard InChI is InChI=1S/C31H39N3O6S/c1-21-9-14-32(15-10-21)30(35)22-7-8-27-25(19-22)26-20-33(23-12-17-40-18-13-23)16-11-28(26)34(27)41(37,38)29-6-4-3-5-24(29)31(36)39-2/h3-8,19,21,23,26,28H,9-18,20H2,1-2H3. The topological polar surface area (TPSA) is 96.5 Å². The molecular weight excluding hydrogens is 542 g/mol. The molecule has 3 fully saturated rings. The van der Waals surface area contributed by atoms with E-state index in [4.69, 9.17) is 9.47 Å². The summed E-state index contributed by atoms with van der Waals surface area (Å²) >= 11 is 0. The van der Waals surface area contributed by atoms with Crippen molar-refractivity contribution < 1.29 is 27.5 Å². The zero-order valence-electron chi connectivity index (χ0n) is 23.8. The summed E-state index contributed by atoms with van der Waals surface area (Å²) in [4.78, 5) is 30.5. The zero-order valence-corrected chi connectivity index (χ0v) is 24.6. The molecule has 0 radical (unpaired) electrons. The fraction of sp³-hybridized carbons (Fsp3) is 0.548. The number of amides is 1. The van der Waals surface area contributed by atoms with Crippen molar-refractivity contribution in [3.05, 3.63) is 59.2 Å². The van der Waals surface area contributed by atoms with Crippen LogP contribution in [0.3, 0.4) is 0 Å². The Hall–Kier alpha value is -2.95. The number of rotatable bonds is 5. The Balaban J connectivity index is 1.39. The highest BCUT2D eigenvalue weighted by Crippen LogP contribution is 2.48. The summed E-state index contributed by atoms with van der Waals surface area (Å²) in [6.07, 6.45) is 4.57. The fourth-order valence-corrected chi connectivity index (χ4v) is 9.00. The van der Waals surface area contributed by atoms with Crippen LogP contribution >= 0.6 is 0 Å². The number of likely N-dealkylation sites (tertiary alicyclic amines) is 2. The van der Waals surface area contributed by atoms with Crippen molar-refractivity contribution in [2.24, 2.45) is 5.92 Å². The average molecular weight is 582 g/mol. The maximum atomic E-state index is 14.4. The van der Waals surface area contributed by atoms with Crippen LogP contribution in [0.4, 0.5) is 5.69 Å². The second kappa shape index (κ2) is 11.4. The van der Waals surface area contributed by atoms with Crippen LogP contribution in [0.25, 0.3) is 0 Å². The van der Waals surface area contributed by atoms with Crippen LogP contribution < -0.4 is 4.31 Å². The maximum absolute atomic E-state index is 14.4. The van der Waals surface area contributed by atoms with Crippen LogP contribution in [0.1, 0.15) is 71.2 Å². The molecule has 4 aliphatic rings. The van der Waals surface area contributed by atoms with Crippen molar-refractivity contribution >= 4 is 27.6 Å². The van der Waals surface area contributed by atoms with Crippen molar-refractivity contribution in [2.45, 2.75) is 61.9 Å². The first kappa shape index (κ1) is 28.2. The van der Waals surface area contributed by atoms with E-state index in [1.165, 1.54) is 23.5 Å². The minimum atomic E-state index is -4.11. The number of ether oxygens (including phenoxy) is 2. The molecule has 0 spiro atoms. The first-order valence-corrected chi connectivity index (χ1v) is 16.2. The van der Waals surface area contributed by atoms with Crippen molar-refractivity contribution in [1.82, 2.24) is 9.80 Å². The largest absolute Gasteiger partial charge is 0.465 e. The molecule has 2 aromatic carbocycles. The smallest absolute Gasteiger partial charge is 0.339 e. The number of fused-ring (bicyclic) bond motifs is 3. The molecule has 3 saturated heterocycles. The lowest BCUT2D eigenvalue weighted by Gasteiger charge is -2.43. The first-order valence-electron chi connectivity index (χ1n) is 14.8. The Morgan fingerprint density at radius 1 is 0.951 bits per heavy atom. The van der Waals surface area contributed by atoms with E-state index < -0.39 is 16.0 Å². The van der Waals surface area contributed by atoms with Gasteiger partial charge in [-0.3, -0.25) is 14.0 Å². The lowest BCUT2D eigenvalue weighted by atomic mass is 9.87. The van der Waals surface area contributed by atoms with Gasteiger partial charge in [-0.1, -0.05) is 19.1 Å². The van der Waals surface area contributed by atoms with E-state index in [0.29, 0.717) is 36.2 Å². The minimum Gasteiger partial charge on any atom is -0.465 e. The molecule has 0 aliphatic carbocycles. The van der Waals surface area contributed by atoms with Gasteiger partial charge >= 0.3 is 5.97 Å². The van der Waals surface area contributed by atoms with Gasteiger partial charge in [0, 0.05) is 56.9 Å². The first-order chi connectivity index (χ1) is 19.8. The van der Waals surface area contributed by atoms with Gasteiger partial charge in [0.1, 0.15) is 4.90 Å². The molecule has 4 heterocycles. The Labute approximate surface area is 242 Å². The second-order valence-electron chi connectivity index (χ2n) is 11.8. The molecule has 9 nitrogen and oxygen atoms in total. The number of carbonyl (C=O) groups is 2. The van der Waals surface area contributed by atoms with Gasteiger partial charge in [0.15, 0.2) is 0 Å². The summed E-state index contributed by atoms with van der Waals surface area (Å²) in [7, 11) is -2.86. The number of esters is 1. The molecular formula is C31H39N3O6S. The van der Waals surface area contributed by atoms with Crippen LogP contribution in [0.5, 0.6) is 0 Å². The molecule has 1 amide bonds. The highest BCUT2D eigenvalue weighted by molar-refractivity contribution is 7.93. The molecule has 10 heteroatoms. The number of piperidine rings is 2. The number of methoxy groups -OCH3 is 1. The van der Waals surface area contributed by atoms with E-state index in [1.807, 2.05) is 11.0 Å². The van der Waals surface area contributed by atoms with Gasteiger partial charge in [-0.25, -0.2) is 13.2 Å². The normalized spacial score (nSPS) is 24.1. The molecule has 0 aromatic heterocycles. The van der Waals surface area contributed by atoms with Crippen LogP contribution in [-0.4, -0.2) is 88.7 Å². The Kier molecular flexibility index (Phi) is 7.82. The summed E-state index contributed by atoms with van der Waals surface area (Å²) in [5.74, 6) is -0.155. The molecule has 2 atom stereocenters. The van der Waals surface area contributed by atoms with Gasteiger partial charge in [-0.15, -0.1) is 0 Å². The molecule has 2 aromatic rings. The van der Waals surface area contributed by atoms with E-state index in [0.717, 1.165) is 64.1 Å². The third kappa shape index (κ3) is 5.15. The van der Waals surface area contributed by atoms with Gasteiger partial charge in [-0.2, -0.15) is 0 Å². The molecule has 2 unspecified atom stereocenters. The maximum Gasteiger partial charge on any atom is 0.339 e. The van der Waals surface area contributed by atoms with Crippen LogP contribution in [0.15, 0.2) is 47.4 Å². The Bertz CT molecular complexity index is 1410. The van der Waals surface area contributed by atoms with Crippen LogP contribution in [-0.2, 0) is 19.5 Å². The predicted octanol–water partition coefficient (Wildman–Crippen LogP) is 3.89. The zero-order chi connectivity index (χ0) is 28.7. The molecule has 0 N–H and O–H groups in total. The second-order valence-corrected chi connectivity index (χ2v) is 13.6. The van der Waals surface area contributed by atoms with Gasteiger partial charge < -0.3 is 14.4 Å². The summed E-state index contributed by atoms with van der Waals surface area (Å²) in [6, 6.07) is 11.8. The highest BCUT2D eigenvalue weighted by Gasteiger charge is 2.49. The van der Waals surface area contributed by atoms with Crippen LogP contribution in [0, 0.1) is 5.92 Å². The molecule has 4 aliphatic heterocycles. The third-order valence-corrected chi connectivity index (χ3v) is 11.3. The Morgan fingerprint density at radius 2 is 1.68 bits per heavy atom. The third-order valence-electron chi connectivity index (χ3n) is 9.43. The van der Waals surface area contributed by atoms with Gasteiger partial charge in [0.25, 0.3) is 15.9 Å². The number of hydrogen-bond donors (Lipinski definition) is 0. The Morgan fingerprint density at radius 3 is 2.41 bits per heavy atom. The molecule has 6 rings (SSSR count). The van der Waals surface area contributed by atoms with Crippen molar-refractivity contribution in [3.63, 3.8) is 0 Å². The highest BCUT2D eigenvalue weighted by atomic mass is 32.2. The summed E-state index contributed by atoms with van der Waals surface area (Å²) in [5.41, 5.74) is 2.11. The lowest BCUT2D eigenvalue weighted by molar-refractivity contribution is 0.0227. The number of nitrogens with zero attached hydrogens (tertiary/aromatic N) is 3. The van der Waals surface area contributed by atoms with Crippen LogP contribution in [0.2, 0.25) is 0 Å². The molecule has 0 bridgehead atoms. The van der Waals surface area contributed by atoms with Gasteiger partial charge in [0.2, 0.25) is 0 Å². The van der Waals surface area contributed by atoms with E-state index in [9.17, 15) is 18.0 Å². The number of carbonyl (C=O) groups excluding carboxylic acids is 2. The predicted molar refractivity (Wildman–Crippen MR) is 155 cm³/mol. The summed E-state index contributed by atoms with van der Waals surface area (Å²) < 4.78 is 40.8. The lowest BCUT2D eigenvalue weighted by Crippen LogP contribution is -2.52. The number of benzene rings is 2.